The lowest BCUT2D eigenvalue weighted by atomic mass is 9.94. The molecule has 2 heterocycles. The molecule has 0 aromatic heterocycles. The third-order valence-corrected chi connectivity index (χ3v) is 7.39. The molecule has 4 rings (SSSR count). The highest BCUT2D eigenvalue weighted by Crippen LogP contribution is 2.25. The largest absolute Gasteiger partial charge is 0.372 e. The van der Waals surface area contributed by atoms with Crippen LogP contribution in [0, 0.1) is 18.8 Å². The number of carbonyl (C=O) groups excluding carboxylic acids is 1. The summed E-state index contributed by atoms with van der Waals surface area (Å²) in [5, 5.41) is 3.27. The molecule has 1 atom stereocenters. The minimum atomic E-state index is 0.0449. The van der Waals surface area contributed by atoms with Gasteiger partial charge in [-0.3, -0.25) is 9.69 Å². The van der Waals surface area contributed by atoms with Crippen LogP contribution in [0.2, 0.25) is 0 Å². The summed E-state index contributed by atoms with van der Waals surface area (Å²) < 4.78 is 0. The van der Waals surface area contributed by atoms with Gasteiger partial charge in [-0.05, 0) is 81.8 Å². The molecule has 0 saturated carbocycles. The van der Waals surface area contributed by atoms with E-state index in [1.807, 2.05) is 0 Å². The summed E-state index contributed by atoms with van der Waals surface area (Å²) in [5.74, 6) is 1.18. The third-order valence-electron chi connectivity index (χ3n) is 7.39. The number of benzene rings is 2. The van der Waals surface area contributed by atoms with Crippen LogP contribution in [0.5, 0.6) is 0 Å². The highest BCUT2D eigenvalue weighted by molar-refractivity contribution is 5.79. The van der Waals surface area contributed by atoms with Crippen LogP contribution < -0.4 is 10.2 Å². The molecule has 1 unspecified atom stereocenters. The lowest BCUT2D eigenvalue weighted by molar-refractivity contribution is -0.127. The smallest absolute Gasteiger partial charge is 0.223 e. The van der Waals surface area contributed by atoms with Gasteiger partial charge < -0.3 is 10.2 Å². The van der Waals surface area contributed by atoms with E-state index < -0.39 is 0 Å². The standard InChI is InChI=1S/C28H39N3O/c1-21-4-6-24(7-5-21)20-30-16-14-26(15-17-30)28(32)29-23(3)25-8-10-27(11-9-25)31-18-12-22(2)13-19-31/h4-11,22-23,26H,12-20H2,1-3H3,(H,29,32). The molecule has 0 spiro atoms. The normalized spacial score (nSPS) is 19.7. The topological polar surface area (TPSA) is 35.6 Å². The van der Waals surface area contributed by atoms with Crippen molar-refractivity contribution in [1.82, 2.24) is 10.2 Å². The number of nitrogens with one attached hydrogen (secondary N) is 1. The maximum Gasteiger partial charge on any atom is 0.223 e. The van der Waals surface area contributed by atoms with Gasteiger partial charge in [0, 0.05) is 31.2 Å². The van der Waals surface area contributed by atoms with Gasteiger partial charge in [-0.2, -0.15) is 0 Å². The Morgan fingerprint density at radius 3 is 2.19 bits per heavy atom. The van der Waals surface area contributed by atoms with Crippen molar-refractivity contribution in [2.75, 3.05) is 31.1 Å². The first-order valence-electron chi connectivity index (χ1n) is 12.4. The highest BCUT2D eigenvalue weighted by atomic mass is 16.1. The van der Waals surface area contributed by atoms with Crippen LogP contribution in [0.25, 0.3) is 0 Å². The van der Waals surface area contributed by atoms with Crippen LogP contribution in [0.1, 0.15) is 62.3 Å². The fourth-order valence-corrected chi connectivity index (χ4v) is 4.96. The molecule has 2 aromatic rings. The lowest BCUT2D eigenvalue weighted by Gasteiger charge is -2.32. The van der Waals surface area contributed by atoms with Crippen LogP contribution in [0.15, 0.2) is 48.5 Å². The summed E-state index contributed by atoms with van der Waals surface area (Å²) in [5.41, 5.74) is 5.15. The van der Waals surface area contributed by atoms with Crippen LogP contribution in [-0.4, -0.2) is 37.0 Å². The average Bonchev–Trinajstić information content (AvgIpc) is 2.81. The van der Waals surface area contributed by atoms with E-state index in [1.165, 1.54) is 35.2 Å². The Balaban J connectivity index is 1.23. The quantitative estimate of drug-likeness (QED) is 0.670. The summed E-state index contributed by atoms with van der Waals surface area (Å²) in [6.45, 7) is 11.8. The van der Waals surface area contributed by atoms with Gasteiger partial charge in [0.05, 0.1) is 6.04 Å². The number of carbonyl (C=O) groups is 1. The van der Waals surface area contributed by atoms with Crippen molar-refractivity contribution < 1.29 is 4.79 Å². The molecule has 0 radical (unpaired) electrons. The van der Waals surface area contributed by atoms with E-state index in [2.05, 4.69) is 84.4 Å². The van der Waals surface area contributed by atoms with Crippen LogP contribution in [0.4, 0.5) is 5.69 Å². The second kappa shape index (κ2) is 10.5. The third kappa shape index (κ3) is 5.92. The van der Waals surface area contributed by atoms with Gasteiger partial charge in [0.1, 0.15) is 0 Å². The van der Waals surface area contributed by atoms with Crippen molar-refractivity contribution in [3.63, 3.8) is 0 Å². The molecule has 4 nitrogen and oxygen atoms in total. The Kier molecular flexibility index (Phi) is 7.51. The van der Waals surface area contributed by atoms with Gasteiger partial charge >= 0.3 is 0 Å². The van der Waals surface area contributed by atoms with Gasteiger partial charge in [-0.15, -0.1) is 0 Å². The van der Waals surface area contributed by atoms with E-state index in [0.717, 1.165) is 51.5 Å². The van der Waals surface area contributed by atoms with Crippen molar-refractivity contribution in [1.29, 1.82) is 0 Å². The summed E-state index contributed by atoms with van der Waals surface area (Å²) in [6.07, 6.45) is 4.43. The maximum atomic E-state index is 12.9. The fraction of sp³-hybridized carbons (Fsp3) is 0.536. The number of likely N-dealkylation sites (tertiary alicyclic amines) is 1. The van der Waals surface area contributed by atoms with Crippen molar-refractivity contribution >= 4 is 11.6 Å². The first-order chi connectivity index (χ1) is 15.5. The molecule has 1 amide bonds. The Morgan fingerprint density at radius 2 is 1.56 bits per heavy atom. The molecular formula is C28H39N3O. The summed E-state index contributed by atoms with van der Waals surface area (Å²) in [4.78, 5) is 17.8. The molecule has 0 aliphatic carbocycles. The Bertz CT molecular complexity index is 861. The van der Waals surface area contributed by atoms with E-state index in [4.69, 9.17) is 0 Å². The van der Waals surface area contributed by atoms with Gasteiger partial charge in [-0.1, -0.05) is 48.9 Å². The van der Waals surface area contributed by atoms with E-state index in [9.17, 15) is 4.79 Å². The monoisotopic (exact) mass is 433 g/mol. The predicted octanol–water partition coefficient (Wildman–Crippen LogP) is 5.32. The maximum absolute atomic E-state index is 12.9. The minimum Gasteiger partial charge on any atom is -0.372 e. The Hall–Kier alpha value is -2.33. The van der Waals surface area contributed by atoms with E-state index in [-0.39, 0.29) is 17.9 Å². The second-order valence-electron chi connectivity index (χ2n) is 10.0. The number of rotatable bonds is 6. The van der Waals surface area contributed by atoms with Crippen molar-refractivity contribution in [3.8, 4) is 0 Å². The molecule has 2 aromatic carbocycles. The second-order valence-corrected chi connectivity index (χ2v) is 10.0. The SMILES string of the molecule is Cc1ccc(CN2CCC(C(=O)NC(C)c3ccc(N4CCC(C)CC4)cc3)CC2)cc1. The molecule has 1 N–H and O–H groups in total. The van der Waals surface area contributed by atoms with Crippen molar-refractivity contribution in [2.45, 2.75) is 59.0 Å². The van der Waals surface area contributed by atoms with E-state index >= 15 is 0 Å². The average molecular weight is 434 g/mol. The summed E-state index contributed by atoms with van der Waals surface area (Å²) >= 11 is 0. The number of hydrogen-bond donors (Lipinski definition) is 1. The zero-order valence-corrected chi connectivity index (χ0v) is 20.0. The van der Waals surface area contributed by atoms with Gasteiger partial charge in [0.25, 0.3) is 0 Å². The number of anilines is 1. The van der Waals surface area contributed by atoms with Crippen LogP contribution in [-0.2, 0) is 11.3 Å². The molecule has 2 aliphatic rings. The lowest BCUT2D eigenvalue weighted by Crippen LogP contribution is -2.40. The van der Waals surface area contributed by atoms with Crippen molar-refractivity contribution in [3.05, 3.63) is 65.2 Å². The number of hydrogen-bond acceptors (Lipinski definition) is 3. The Morgan fingerprint density at radius 1 is 0.938 bits per heavy atom. The van der Waals surface area contributed by atoms with E-state index in [0.29, 0.717) is 0 Å². The zero-order valence-electron chi connectivity index (χ0n) is 20.0. The van der Waals surface area contributed by atoms with Gasteiger partial charge in [0.2, 0.25) is 5.91 Å². The van der Waals surface area contributed by atoms with Crippen LogP contribution in [0.3, 0.4) is 0 Å². The van der Waals surface area contributed by atoms with Gasteiger partial charge in [0.15, 0.2) is 0 Å². The van der Waals surface area contributed by atoms with Gasteiger partial charge in [-0.25, -0.2) is 0 Å². The molecule has 2 fully saturated rings. The van der Waals surface area contributed by atoms with Crippen LogP contribution >= 0.6 is 0 Å². The minimum absolute atomic E-state index is 0.0449. The zero-order chi connectivity index (χ0) is 22.5. The molecule has 4 heteroatoms. The summed E-state index contributed by atoms with van der Waals surface area (Å²) in [6, 6.07) is 17.6. The fourth-order valence-electron chi connectivity index (χ4n) is 4.96. The number of amides is 1. The van der Waals surface area contributed by atoms with Crippen molar-refractivity contribution in [2.24, 2.45) is 11.8 Å². The molecule has 2 aliphatic heterocycles. The predicted molar refractivity (Wildman–Crippen MR) is 133 cm³/mol. The molecular weight excluding hydrogens is 394 g/mol. The number of nitrogens with zero attached hydrogens (tertiary/aromatic N) is 2. The Labute approximate surface area is 194 Å². The van der Waals surface area contributed by atoms with E-state index in [1.54, 1.807) is 0 Å². The molecule has 32 heavy (non-hydrogen) atoms. The summed E-state index contributed by atoms with van der Waals surface area (Å²) in [7, 11) is 0. The first-order valence-corrected chi connectivity index (χ1v) is 12.4. The number of piperidine rings is 2. The number of aryl methyl sites for hydroxylation is 1. The molecule has 2 saturated heterocycles. The first kappa shape index (κ1) is 22.8. The molecule has 0 bridgehead atoms. The molecule has 172 valence electrons. The highest BCUT2D eigenvalue weighted by Gasteiger charge is 2.26.